The largest absolute Gasteiger partial charge is 0.471 e. The van der Waals surface area contributed by atoms with Gasteiger partial charge in [-0.25, -0.2) is 18.4 Å². The first kappa shape index (κ1) is 35.5. The van der Waals surface area contributed by atoms with E-state index in [9.17, 15) is 33.8 Å². The van der Waals surface area contributed by atoms with Gasteiger partial charge in [-0.2, -0.15) is 0 Å². The Morgan fingerprint density at radius 1 is 1.16 bits per heavy atom. The second-order valence-electron chi connectivity index (χ2n) is 11.4. The van der Waals surface area contributed by atoms with Crippen LogP contribution in [-0.2, 0) is 25.3 Å². The fraction of sp³-hybridized carbons (Fsp3) is 0.355. The summed E-state index contributed by atoms with van der Waals surface area (Å²) in [5, 5.41) is 16.4. The van der Waals surface area contributed by atoms with Crippen LogP contribution in [0.5, 0.6) is 5.88 Å². The van der Waals surface area contributed by atoms with Crippen molar-refractivity contribution < 1.29 is 61.4 Å². The Morgan fingerprint density at radius 2 is 1.88 bits per heavy atom. The molecule has 3 aromatic rings. The molecule has 2 aliphatic heterocycles. The summed E-state index contributed by atoms with van der Waals surface area (Å²) in [6, 6.07) is 9.71. The van der Waals surface area contributed by atoms with E-state index in [4.69, 9.17) is 14.2 Å². The van der Waals surface area contributed by atoms with Crippen molar-refractivity contribution in [1.82, 2.24) is 10.1 Å². The van der Waals surface area contributed by atoms with Crippen molar-refractivity contribution in [3.05, 3.63) is 77.6 Å². The van der Waals surface area contributed by atoms with E-state index < -0.39 is 61.8 Å². The first-order valence-corrected chi connectivity index (χ1v) is 16.7. The van der Waals surface area contributed by atoms with Gasteiger partial charge in [-0.15, -0.1) is 0 Å². The van der Waals surface area contributed by atoms with Crippen LogP contribution >= 0.6 is 7.60 Å². The number of nitrogens with one attached hydrogen (secondary N) is 1. The highest BCUT2D eigenvalue weighted by atomic mass is 31.2. The van der Waals surface area contributed by atoms with Crippen molar-refractivity contribution in [3.63, 3.8) is 0 Å². The summed E-state index contributed by atoms with van der Waals surface area (Å²) in [6.45, 7) is 0.658. The maximum atomic E-state index is 15.2. The molecule has 5 rings (SSSR count). The number of aliphatic hydroxyl groups is 1. The fourth-order valence-corrected chi connectivity index (χ4v) is 5.62. The number of carbonyl (C=O) groups excluding carboxylic acids is 3. The monoisotopic (exact) mass is 706 g/mol. The number of carbonyl (C=O) groups is 3. The number of hydrogen-bond acceptors (Lipinski definition) is 10. The van der Waals surface area contributed by atoms with Crippen molar-refractivity contribution in [3.8, 4) is 5.88 Å². The molecule has 4 N–H and O–H groups in total. The van der Waals surface area contributed by atoms with Crippen LogP contribution < -0.4 is 15.0 Å². The molecule has 3 amide bonds. The van der Waals surface area contributed by atoms with E-state index in [-0.39, 0.29) is 56.2 Å². The third kappa shape index (κ3) is 9.00. The molecule has 49 heavy (non-hydrogen) atoms. The number of ether oxygens (including phenoxy) is 3. The van der Waals surface area contributed by atoms with Gasteiger partial charge in [-0.3, -0.25) is 19.6 Å². The molecule has 1 unspecified atom stereocenters. The Morgan fingerprint density at radius 3 is 2.49 bits per heavy atom. The molecule has 1 aromatic heterocycles. The zero-order valence-corrected chi connectivity index (χ0v) is 26.9. The van der Waals surface area contributed by atoms with Gasteiger partial charge in [-0.05, 0) is 53.4 Å². The van der Waals surface area contributed by atoms with Gasteiger partial charge in [0.25, 0.3) is 11.8 Å². The highest BCUT2D eigenvalue weighted by Crippen LogP contribution is 2.42. The molecule has 0 spiro atoms. The third-order valence-electron chi connectivity index (χ3n) is 7.85. The average Bonchev–Trinajstić information content (AvgIpc) is 3.72. The fourth-order valence-electron chi connectivity index (χ4n) is 5.17. The standard InChI is InChI=1S/C31H33F2N4O11P/c1-18(49(42,43)44)12-19-2-4-21(5-3-19)34-30(40)46-17-26(38)29(39)36-9-6-20(7-10-36)28-24(32)13-22(14-25(28)33)37-15-23(48-31(37)41)16-45-27-8-11-47-35-27/h2-6,8,11,13-14,18,23,26,38H,7,9-10,12,15-17H2,1H3,(H,34,40)(H2,42,43,44)/t18?,23-,26+/m1/s1. The SMILES string of the molecule is CC(Cc1ccc(NC(=O)OC[C@H](O)C(=O)N2CC=C(c3c(F)cc(N4C[C@H](COc5ccon5)OC4=O)cc3F)CC2)cc1)P(=O)(O)O. The van der Waals surface area contributed by atoms with Crippen LogP contribution in [0.1, 0.15) is 24.5 Å². The van der Waals surface area contributed by atoms with Gasteiger partial charge in [0.1, 0.15) is 31.1 Å². The van der Waals surface area contributed by atoms with Crippen molar-refractivity contribution >= 4 is 42.6 Å². The minimum Gasteiger partial charge on any atom is -0.471 e. The van der Waals surface area contributed by atoms with E-state index in [1.54, 1.807) is 12.1 Å². The normalized spacial score (nSPS) is 17.6. The van der Waals surface area contributed by atoms with Gasteiger partial charge in [-0.1, -0.05) is 25.1 Å². The first-order valence-electron chi connectivity index (χ1n) is 15.0. The lowest BCUT2D eigenvalue weighted by molar-refractivity contribution is -0.141. The molecule has 18 heteroatoms. The summed E-state index contributed by atoms with van der Waals surface area (Å²) in [5.74, 6) is -2.39. The van der Waals surface area contributed by atoms with Gasteiger partial charge >= 0.3 is 19.8 Å². The van der Waals surface area contributed by atoms with Crippen LogP contribution in [0.15, 0.2) is 59.3 Å². The molecule has 1 fully saturated rings. The highest BCUT2D eigenvalue weighted by Gasteiger charge is 2.35. The summed E-state index contributed by atoms with van der Waals surface area (Å²) in [7, 11) is -4.23. The molecular weight excluding hydrogens is 673 g/mol. The van der Waals surface area contributed by atoms with Crippen LogP contribution in [0.4, 0.5) is 29.7 Å². The van der Waals surface area contributed by atoms with Crippen LogP contribution in [0.25, 0.3) is 5.57 Å². The predicted octanol–water partition coefficient (Wildman–Crippen LogP) is 3.69. The van der Waals surface area contributed by atoms with Crippen molar-refractivity contribution in [2.24, 2.45) is 0 Å². The number of nitrogens with zero attached hydrogens (tertiary/aromatic N) is 3. The Hall–Kier alpha value is -4.83. The molecule has 0 saturated carbocycles. The summed E-state index contributed by atoms with van der Waals surface area (Å²) in [5.41, 5.74) is 0.0327. The van der Waals surface area contributed by atoms with E-state index in [0.29, 0.717) is 16.8 Å². The molecule has 0 aliphatic carbocycles. The average molecular weight is 707 g/mol. The molecule has 0 bridgehead atoms. The second kappa shape index (κ2) is 15.2. The van der Waals surface area contributed by atoms with Gasteiger partial charge in [0.15, 0.2) is 12.2 Å². The molecule has 2 aromatic carbocycles. The highest BCUT2D eigenvalue weighted by molar-refractivity contribution is 7.52. The maximum absolute atomic E-state index is 15.2. The van der Waals surface area contributed by atoms with E-state index >= 15 is 8.78 Å². The number of cyclic esters (lactones) is 1. The molecule has 0 radical (unpaired) electrons. The Kier molecular flexibility index (Phi) is 11.0. The lowest BCUT2D eigenvalue weighted by Crippen LogP contribution is -2.43. The number of aromatic nitrogens is 1. The molecule has 3 heterocycles. The Labute approximate surface area is 278 Å². The van der Waals surface area contributed by atoms with E-state index in [2.05, 4.69) is 15.0 Å². The second-order valence-corrected chi connectivity index (χ2v) is 13.5. The molecular formula is C31H33F2N4O11P. The topological polar surface area (TPSA) is 201 Å². The third-order valence-corrected chi connectivity index (χ3v) is 9.18. The van der Waals surface area contributed by atoms with E-state index in [0.717, 1.165) is 17.0 Å². The zero-order valence-electron chi connectivity index (χ0n) is 26.0. The number of amides is 3. The zero-order chi connectivity index (χ0) is 35.3. The molecule has 15 nitrogen and oxygen atoms in total. The Balaban J connectivity index is 1.10. The lowest BCUT2D eigenvalue weighted by Gasteiger charge is -2.28. The summed E-state index contributed by atoms with van der Waals surface area (Å²) < 4.78 is 62.0. The van der Waals surface area contributed by atoms with Gasteiger partial charge in [0.05, 0.1) is 17.9 Å². The van der Waals surface area contributed by atoms with Crippen molar-refractivity contribution in [1.29, 1.82) is 0 Å². The minimum absolute atomic E-state index is 0.0151. The predicted molar refractivity (Wildman–Crippen MR) is 168 cm³/mol. The van der Waals surface area contributed by atoms with Crippen LogP contribution in [0.3, 0.4) is 0 Å². The number of halogens is 2. The van der Waals surface area contributed by atoms with Crippen LogP contribution in [-0.4, -0.2) is 93.8 Å². The van der Waals surface area contributed by atoms with Crippen LogP contribution in [0, 0.1) is 11.6 Å². The van der Waals surface area contributed by atoms with Crippen molar-refractivity contribution in [2.75, 3.05) is 43.1 Å². The van der Waals surface area contributed by atoms with Gasteiger partial charge in [0, 0.05) is 30.4 Å². The number of benzene rings is 2. The quantitative estimate of drug-likeness (QED) is 0.199. The van der Waals surface area contributed by atoms with Gasteiger partial charge in [0.2, 0.25) is 0 Å². The molecule has 2 aliphatic rings. The molecule has 1 saturated heterocycles. The number of rotatable bonds is 12. The van der Waals surface area contributed by atoms with E-state index in [1.807, 2.05) is 0 Å². The molecule has 3 atom stereocenters. The number of anilines is 2. The summed E-state index contributed by atoms with van der Waals surface area (Å²) >= 11 is 0. The molecule has 262 valence electrons. The Bertz CT molecular complexity index is 1730. The van der Waals surface area contributed by atoms with Gasteiger partial charge < -0.3 is 38.5 Å². The minimum atomic E-state index is -4.23. The van der Waals surface area contributed by atoms with Crippen LogP contribution in [0.2, 0.25) is 0 Å². The number of aliphatic hydroxyl groups excluding tert-OH is 1. The maximum Gasteiger partial charge on any atom is 0.414 e. The summed E-state index contributed by atoms with van der Waals surface area (Å²) in [6.07, 6.45) is -1.21. The number of hydrogen-bond donors (Lipinski definition) is 4. The lowest BCUT2D eigenvalue weighted by atomic mass is 9.97. The first-order chi connectivity index (χ1) is 23.3. The van der Waals surface area contributed by atoms with E-state index in [1.165, 1.54) is 42.4 Å². The summed E-state index contributed by atoms with van der Waals surface area (Å²) in [4.78, 5) is 58.2. The smallest absolute Gasteiger partial charge is 0.414 e. The van der Waals surface area contributed by atoms with Crippen molar-refractivity contribution in [2.45, 2.75) is 37.6 Å².